The molecule has 0 saturated carbocycles. The average molecular weight is 618 g/mol. The maximum atomic E-state index is 14.0. The molecular formula is C31H24FN3O6S2. The Morgan fingerprint density at radius 3 is 2.30 bits per heavy atom. The van der Waals surface area contributed by atoms with Crippen LogP contribution in [0.15, 0.2) is 88.7 Å². The fourth-order valence-corrected chi connectivity index (χ4v) is 8.14. The first kappa shape index (κ1) is 28.6. The third-order valence-electron chi connectivity index (χ3n) is 7.27. The molecule has 4 aromatic rings. The van der Waals surface area contributed by atoms with Crippen LogP contribution in [-0.2, 0) is 25.7 Å². The summed E-state index contributed by atoms with van der Waals surface area (Å²) in [6, 6.07) is 20.5. The number of thioether (sulfide) groups is 1. The number of hydrogen-bond donors (Lipinski definition) is 1. The molecule has 1 saturated heterocycles. The SMILES string of the molecule is CCOC(=O)c1ccc(N2C(=O)C3Sc4c(sc(=O)n4CC(=O)Nc4ccc(F)cc4)C(c4ccccc4)C3C2=O)cc1. The third-order valence-corrected chi connectivity index (χ3v) is 9.88. The van der Waals surface area contributed by atoms with Gasteiger partial charge in [0.15, 0.2) is 0 Å². The van der Waals surface area contributed by atoms with Crippen LogP contribution >= 0.6 is 23.1 Å². The lowest BCUT2D eigenvalue weighted by atomic mass is 9.83. The van der Waals surface area contributed by atoms with Crippen molar-refractivity contribution in [2.45, 2.75) is 29.7 Å². The van der Waals surface area contributed by atoms with Crippen LogP contribution in [0.2, 0.25) is 0 Å². The summed E-state index contributed by atoms with van der Waals surface area (Å²) in [6.45, 7) is 1.59. The molecule has 9 nitrogen and oxygen atoms in total. The lowest BCUT2D eigenvalue weighted by molar-refractivity contribution is -0.122. The summed E-state index contributed by atoms with van der Waals surface area (Å²) in [4.78, 5) is 67.5. The van der Waals surface area contributed by atoms with E-state index in [-0.39, 0.29) is 18.0 Å². The van der Waals surface area contributed by atoms with Gasteiger partial charge in [-0.15, -0.1) is 0 Å². The van der Waals surface area contributed by atoms with Crippen LogP contribution in [0, 0.1) is 11.7 Å². The van der Waals surface area contributed by atoms with E-state index in [4.69, 9.17) is 4.74 Å². The number of benzene rings is 3. The summed E-state index contributed by atoms with van der Waals surface area (Å²) >= 11 is 2.06. The molecule has 1 aromatic heterocycles. The van der Waals surface area contributed by atoms with E-state index in [1.54, 1.807) is 6.92 Å². The molecule has 0 radical (unpaired) electrons. The Bertz CT molecular complexity index is 1790. The van der Waals surface area contributed by atoms with Crippen molar-refractivity contribution in [3.05, 3.63) is 110 Å². The van der Waals surface area contributed by atoms with E-state index in [9.17, 15) is 28.4 Å². The number of hydrogen-bond acceptors (Lipinski definition) is 8. The molecule has 12 heteroatoms. The summed E-state index contributed by atoms with van der Waals surface area (Å²) < 4.78 is 19.6. The molecule has 3 atom stereocenters. The molecular weight excluding hydrogens is 593 g/mol. The Kier molecular flexibility index (Phi) is 7.72. The van der Waals surface area contributed by atoms with Crippen molar-refractivity contribution >= 4 is 58.2 Å². The summed E-state index contributed by atoms with van der Waals surface area (Å²) in [5.41, 5.74) is 1.76. The number of halogens is 1. The molecule has 3 unspecified atom stereocenters. The largest absolute Gasteiger partial charge is 0.462 e. The van der Waals surface area contributed by atoms with Crippen LogP contribution in [0.5, 0.6) is 0 Å². The number of nitrogens with zero attached hydrogens (tertiary/aromatic N) is 2. The van der Waals surface area contributed by atoms with Crippen LogP contribution in [0.3, 0.4) is 0 Å². The first-order valence-electron chi connectivity index (χ1n) is 13.4. The van der Waals surface area contributed by atoms with Gasteiger partial charge in [0.05, 0.1) is 28.8 Å². The quantitative estimate of drug-likeness (QED) is 0.237. The summed E-state index contributed by atoms with van der Waals surface area (Å²) in [5, 5.41) is 2.27. The number of thiazole rings is 1. The number of rotatable bonds is 7. The topological polar surface area (TPSA) is 115 Å². The van der Waals surface area contributed by atoms with Gasteiger partial charge in [-0.2, -0.15) is 0 Å². The zero-order valence-corrected chi connectivity index (χ0v) is 24.3. The smallest absolute Gasteiger partial charge is 0.338 e. The molecule has 1 N–H and O–H groups in total. The second kappa shape index (κ2) is 11.6. The second-order valence-electron chi connectivity index (χ2n) is 9.91. The molecule has 1 fully saturated rings. The lowest BCUT2D eigenvalue weighted by Gasteiger charge is -2.30. The van der Waals surface area contributed by atoms with Crippen molar-refractivity contribution in [2.24, 2.45) is 5.92 Å². The number of esters is 1. The number of carbonyl (C=O) groups is 4. The number of anilines is 2. The van der Waals surface area contributed by atoms with E-state index < -0.39 is 46.6 Å². The molecule has 2 aliphatic heterocycles. The predicted molar refractivity (Wildman–Crippen MR) is 160 cm³/mol. The fourth-order valence-electron chi connectivity index (χ4n) is 5.37. The third kappa shape index (κ3) is 5.28. The summed E-state index contributed by atoms with van der Waals surface area (Å²) in [6.07, 6.45) is 0. The molecule has 218 valence electrons. The molecule has 3 aromatic carbocycles. The van der Waals surface area contributed by atoms with Gasteiger partial charge in [-0.05, 0) is 61.0 Å². The first-order valence-corrected chi connectivity index (χ1v) is 15.1. The summed E-state index contributed by atoms with van der Waals surface area (Å²) in [5.74, 6) is -3.70. The van der Waals surface area contributed by atoms with Crippen LogP contribution in [0.4, 0.5) is 15.8 Å². The van der Waals surface area contributed by atoms with Crippen molar-refractivity contribution in [1.29, 1.82) is 0 Å². The maximum Gasteiger partial charge on any atom is 0.338 e. The highest BCUT2D eigenvalue weighted by Crippen LogP contribution is 2.53. The number of carbonyl (C=O) groups excluding carboxylic acids is 4. The van der Waals surface area contributed by atoms with E-state index in [0.717, 1.165) is 33.6 Å². The van der Waals surface area contributed by atoms with E-state index >= 15 is 0 Å². The van der Waals surface area contributed by atoms with Gasteiger partial charge in [0.25, 0.3) is 0 Å². The van der Waals surface area contributed by atoms with E-state index in [1.807, 2.05) is 30.3 Å². The van der Waals surface area contributed by atoms with Gasteiger partial charge in [0, 0.05) is 16.5 Å². The van der Waals surface area contributed by atoms with E-state index in [1.165, 1.54) is 53.1 Å². The second-order valence-corrected chi connectivity index (χ2v) is 12.0. The Balaban J connectivity index is 1.35. The minimum Gasteiger partial charge on any atom is -0.462 e. The zero-order chi connectivity index (χ0) is 30.2. The Labute approximate surface area is 253 Å². The average Bonchev–Trinajstić information content (AvgIpc) is 3.45. The van der Waals surface area contributed by atoms with Crippen LogP contribution < -0.4 is 15.1 Å². The van der Waals surface area contributed by atoms with Gasteiger partial charge in [-0.3, -0.25) is 23.7 Å². The van der Waals surface area contributed by atoms with Crippen molar-refractivity contribution in [3.63, 3.8) is 0 Å². The Morgan fingerprint density at radius 1 is 0.930 bits per heavy atom. The van der Waals surface area contributed by atoms with E-state index in [2.05, 4.69) is 5.32 Å². The molecule has 3 amide bonds. The van der Waals surface area contributed by atoms with Gasteiger partial charge >= 0.3 is 10.8 Å². The molecule has 43 heavy (non-hydrogen) atoms. The lowest BCUT2D eigenvalue weighted by Crippen LogP contribution is -2.33. The van der Waals surface area contributed by atoms with Crippen molar-refractivity contribution < 1.29 is 28.3 Å². The molecule has 0 spiro atoms. The van der Waals surface area contributed by atoms with Crippen LogP contribution in [0.1, 0.15) is 33.6 Å². The molecule has 3 heterocycles. The Morgan fingerprint density at radius 2 is 1.63 bits per heavy atom. The maximum absolute atomic E-state index is 14.0. The minimum atomic E-state index is -0.852. The number of nitrogens with one attached hydrogen (secondary N) is 1. The van der Waals surface area contributed by atoms with Crippen molar-refractivity contribution in [3.8, 4) is 0 Å². The van der Waals surface area contributed by atoms with Crippen LogP contribution in [-0.4, -0.2) is 40.1 Å². The molecule has 0 bridgehead atoms. The first-order chi connectivity index (χ1) is 20.8. The summed E-state index contributed by atoms with van der Waals surface area (Å²) in [7, 11) is 0. The molecule has 6 rings (SSSR count). The number of amides is 3. The highest BCUT2D eigenvalue weighted by molar-refractivity contribution is 8.00. The molecule has 0 aliphatic carbocycles. The Hall–Kier alpha value is -4.55. The van der Waals surface area contributed by atoms with Gasteiger partial charge in [0.1, 0.15) is 17.6 Å². The van der Waals surface area contributed by atoms with Crippen molar-refractivity contribution in [1.82, 2.24) is 4.57 Å². The number of imide groups is 1. The minimum absolute atomic E-state index is 0.217. The number of fused-ring (bicyclic) bond motifs is 2. The van der Waals surface area contributed by atoms with E-state index in [0.29, 0.717) is 26.8 Å². The zero-order valence-electron chi connectivity index (χ0n) is 22.7. The van der Waals surface area contributed by atoms with Crippen LogP contribution in [0.25, 0.3) is 0 Å². The highest BCUT2D eigenvalue weighted by Gasteiger charge is 2.56. The van der Waals surface area contributed by atoms with Gasteiger partial charge < -0.3 is 10.1 Å². The number of ether oxygens (including phenoxy) is 1. The van der Waals surface area contributed by atoms with Crippen molar-refractivity contribution in [2.75, 3.05) is 16.8 Å². The number of aromatic nitrogens is 1. The monoisotopic (exact) mass is 617 g/mol. The van der Waals surface area contributed by atoms with Gasteiger partial charge in [0.2, 0.25) is 17.7 Å². The molecule has 2 aliphatic rings. The standard InChI is InChI=1S/C31H24FN3O6S2/c1-2-41-30(39)18-8-14-21(15-9-18)35-27(37)24-23(17-6-4-3-5-7-17)26-29(42-25(24)28(35)38)34(31(40)43-26)16-22(36)33-20-12-10-19(32)11-13-20/h3-15,23-25H,2,16H2,1H3,(H,33,36). The highest BCUT2D eigenvalue weighted by atomic mass is 32.2. The predicted octanol–water partition coefficient (Wildman–Crippen LogP) is 4.66. The van der Waals surface area contributed by atoms with Gasteiger partial charge in [-0.25, -0.2) is 14.1 Å². The fraction of sp³-hybridized carbons (Fsp3) is 0.194. The normalized spacial score (nSPS) is 19.1. The van der Waals surface area contributed by atoms with Gasteiger partial charge in [-0.1, -0.05) is 53.4 Å².